The molecule has 0 aliphatic heterocycles. The first-order valence-corrected chi connectivity index (χ1v) is 10.1. The van der Waals surface area contributed by atoms with E-state index < -0.39 is 6.04 Å². The fraction of sp³-hybridized carbons (Fsp3) is 0.200. The summed E-state index contributed by atoms with van der Waals surface area (Å²) in [5.41, 5.74) is 3.24. The predicted octanol–water partition coefficient (Wildman–Crippen LogP) is 4.36. The lowest BCUT2D eigenvalue weighted by Crippen LogP contribution is -2.40. The molecule has 3 aromatic rings. The molecule has 0 aliphatic rings. The van der Waals surface area contributed by atoms with Gasteiger partial charge in [0, 0.05) is 12.6 Å². The van der Waals surface area contributed by atoms with Crippen molar-refractivity contribution in [1.29, 1.82) is 0 Å². The number of ether oxygens (including phenoxy) is 1. The molecule has 0 bridgehead atoms. The summed E-state index contributed by atoms with van der Waals surface area (Å²) in [4.78, 5) is 24.5. The average Bonchev–Trinajstić information content (AvgIpc) is 2.78. The quantitative estimate of drug-likeness (QED) is 0.509. The molecule has 0 unspecified atom stereocenters. The van der Waals surface area contributed by atoms with Gasteiger partial charge in [0.2, 0.25) is 11.8 Å². The molecule has 0 heterocycles. The van der Waals surface area contributed by atoms with Crippen molar-refractivity contribution in [2.45, 2.75) is 25.9 Å². The minimum atomic E-state index is -0.545. The molecule has 0 radical (unpaired) electrons. The molecule has 0 fully saturated rings. The monoisotopic (exact) mass is 417 g/mol. The maximum absolute atomic E-state index is 13.1. The highest BCUT2D eigenvalue weighted by Gasteiger charge is 2.21. The van der Waals surface area contributed by atoms with Crippen molar-refractivity contribution >= 4 is 23.2 Å². The molecule has 6 nitrogen and oxygen atoms in total. The number of nitrogens with one attached hydrogen (secondary N) is 3. The number of hydrogen-bond acceptors (Lipinski definition) is 4. The molecule has 31 heavy (non-hydrogen) atoms. The van der Waals surface area contributed by atoms with Crippen LogP contribution < -0.4 is 20.7 Å². The Bertz CT molecular complexity index is 983. The maximum Gasteiger partial charge on any atom is 0.242 e. The molecule has 2 amide bonds. The van der Waals surface area contributed by atoms with Crippen molar-refractivity contribution in [3.05, 3.63) is 90.0 Å². The molecule has 0 aliphatic carbocycles. The second-order valence-electron chi connectivity index (χ2n) is 7.23. The lowest BCUT2D eigenvalue weighted by atomic mass is 9.98. The van der Waals surface area contributed by atoms with Crippen LogP contribution in [0.5, 0.6) is 5.75 Å². The summed E-state index contributed by atoms with van der Waals surface area (Å²) in [5, 5.41) is 9.08. The molecule has 3 rings (SSSR count). The van der Waals surface area contributed by atoms with Gasteiger partial charge in [0.15, 0.2) is 0 Å². The van der Waals surface area contributed by atoms with Crippen LogP contribution in [-0.2, 0) is 9.59 Å². The second kappa shape index (κ2) is 10.3. The first-order chi connectivity index (χ1) is 15.0. The zero-order valence-corrected chi connectivity index (χ0v) is 17.9. The molecule has 0 spiro atoms. The normalized spacial score (nSPS) is 11.5. The van der Waals surface area contributed by atoms with Crippen LogP contribution in [0, 0.1) is 0 Å². The van der Waals surface area contributed by atoms with Crippen molar-refractivity contribution in [2.24, 2.45) is 0 Å². The highest BCUT2D eigenvalue weighted by atomic mass is 16.5. The van der Waals surface area contributed by atoms with Gasteiger partial charge in [-0.05, 0) is 36.2 Å². The third-order valence-corrected chi connectivity index (χ3v) is 4.84. The van der Waals surface area contributed by atoms with Crippen LogP contribution in [0.1, 0.15) is 31.0 Å². The van der Waals surface area contributed by atoms with Gasteiger partial charge in [-0.3, -0.25) is 9.59 Å². The summed E-state index contributed by atoms with van der Waals surface area (Å²) in [5.74, 6) is 0.247. The van der Waals surface area contributed by atoms with Crippen LogP contribution >= 0.6 is 0 Å². The van der Waals surface area contributed by atoms with Crippen molar-refractivity contribution in [1.82, 2.24) is 5.32 Å². The Hall–Kier alpha value is -3.80. The highest BCUT2D eigenvalue weighted by Crippen LogP contribution is 2.29. The Morgan fingerprint density at radius 3 is 1.97 bits per heavy atom. The Balaban J connectivity index is 1.79. The van der Waals surface area contributed by atoms with E-state index in [1.54, 1.807) is 32.2 Å². The van der Waals surface area contributed by atoms with Gasteiger partial charge in [0.25, 0.3) is 0 Å². The second-order valence-corrected chi connectivity index (χ2v) is 7.23. The van der Waals surface area contributed by atoms with Gasteiger partial charge < -0.3 is 20.7 Å². The molecule has 0 saturated heterocycles. The number of benzene rings is 3. The Morgan fingerprint density at radius 1 is 0.871 bits per heavy atom. The van der Waals surface area contributed by atoms with Crippen LogP contribution in [0.2, 0.25) is 0 Å². The fourth-order valence-electron chi connectivity index (χ4n) is 3.32. The van der Waals surface area contributed by atoms with Gasteiger partial charge in [-0.25, -0.2) is 0 Å². The van der Waals surface area contributed by atoms with E-state index in [0.29, 0.717) is 17.1 Å². The minimum absolute atomic E-state index is 0.162. The summed E-state index contributed by atoms with van der Waals surface area (Å²) in [7, 11) is 1.56. The van der Waals surface area contributed by atoms with E-state index in [2.05, 4.69) is 16.0 Å². The van der Waals surface area contributed by atoms with E-state index in [9.17, 15) is 9.59 Å². The van der Waals surface area contributed by atoms with Crippen LogP contribution in [0.4, 0.5) is 11.4 Å². The number of carbonyl (C=O) groups is 2. The Labute approximate surface area is 182 Å². The lowest BCUT2D eigenvalue weighted by Gasteiger charge is -2.23. The number of methoxy groups -OCH3 is 1. The van der Waals surface area contributed by atoms with Crippen LogP contribution in [0.25, 0.3) is 0 Å². The van der Waals surface area contributed by atoms with E-state index in [-0.39, 0.29) is 17.9 Å². The number of amides is 2. The minimum Gasteiger partial charge on any atom is -0.495 e. The van der Waals surface area contributed by atoms with E-state index in [4.69, 9.17) is 4.74 Å². The van der Waals surface area contributed by atoms with Gasteiger partial charge in [-0.2, -0.15) is 0 Å². The predicted molar refractivity (Wildman–Crippen MR) is 123 cm³/mol. The van der Waals surface area contributed by atoms with E-state index in [1.807, 2.05) is 60.7 Å². The number of anilines is 2. The van der Waals surface area contributed by atoms with Gasteiger partial charge in [0.1, 0.15) is 11.8 Å². The summed E-state index contributed by atoms with van der Waals surface area (Å²) in [6.07, 6.45) is 0. The molecular weight excluding hydrogens is 390 g/mol. The first kappa shape index (κ1) is 21.9. The largest absolute Gasteiger partial charge is 0.495 e. The molecule has 160 valence electrons. The smallest absolute Gasteiger partial charge is 0.242 e. The van der Waals surface area contributed by atoms with Crippen LogP contribution in [0.15, 0.2) is 78.9 Å². The summed E-state index contributed by atoms with van der Waals surface area (Å²) < 4.78 is 5.40. The third-order valence-electron chi connectivity index (χ3n) is 4.84. The Kier molecular flexibility index (Phi) is 7.27. The molecule has 3 aromatic carbocycles. The van der Waals surface area contributed by atoms with Gasteiger partial charge in [-0.1, -0.05) is 60.7 Å². The van der Waals surface area contributed by atoms with Crippen molar-refractivity contribution in [3.63, 3.8) is 0 Å². The van der Waals surface area contributed by atoms with Gasteiger partial charge >= 0.3 is 0 Å². The standard InChI is InChI=1S/C25H27N3O3/c1-17(26-22-16-21(27-18(2)29)14-15-23(22)31-3)25(30)28-24(19-10-6-4-7-11-19)20-12-8-5-9-13-20/h4-17,24,26H,1-3H3,(H,27,29)(H,28,30)/t17-/m0/s1. The first-order valence-electron chi connectivity index (χ1n) is 10.1. The summed E-state index contributed by atoms with van der Waals surface area (Å²) >= 11 is 0. The van der Waals surface area contributed by atoms with Crippen LogP contribution in [-0.4, -0.2) is 25.0 Å². The van der Waals surface area contributed by atoms with Crippen molar-refractivity contribution in [2.75, 3.05) is 17.7 Å². The number of carbonyl (C=O) groups excluding carboxylic acids is 2. The molecule has 1 atom stereocenters. The van der Waals surface area contributed by atoms with E-state index in [0.717, 1.165) is 11.1 Å². The van der Waals surface area contributed by atoms with E-state index >= 15 is 0 Å². The average molecular weight is 418 g/mol. The maximum atomic E-state index is 13.1. The zero-order chi connectivity index (χ0) is 22.2. The number of hydrogen-bond donors (Lipinski definition) is 3. The molecule has 3 N–H and O–H groups in total. The van der Waals surface area contributed by atoms with Crippen molar-refractivity contribution in [3.8, 4) is 5.75 Å². The molecular formula is C25H27N3O3. The summed E-state index contributed by atoms with van der Waals surface area (Å²) in [6, 6.07) is 24.1. The fourth-order valence-corrected chi connectivity index (χ4v) is 3.32. The van der Waals surface area contributed by atoms with E-state index in [1.165, 1.54) is 6.92 Å². The van der Waals surface area contributed by atoms with Gasteiger partial charge in [-0.15, -0.1) is 0 Å². The molecule has 0 saturated carbocycles. The Morgan fingerprint density at radius 2 is 1.45 bits per heavy atom. The third kappa shape index (κ3) is 5.85. The topological polar surface area (TPSA) is 79.5 Å². The van der Waals surface area contributed by atoms with Crippen LogP contribution in [0.3, 0.4) is 0 Å². The lowest BCUT2D eigenvalue weighted by molar-refractivity contribution is -0.122. The highest BCUT2D eigenvalue weighted by molar-refractivity contribution is 5.90. The molecule has 6 heteroatoms. The van der Waals surface area contributed by atoms with Gasteiger partial charge in [0.05, 0.1) is 18.8 Å². The summed E-state index contributed by atoms with van der Waals surface area (Å²) in [6.45, 7) is 3.23. The zero-order valence-electron chi connectivity index (χ0n) is 17.9. The SMILES string of the molecule is COc1ccc(NC(C)=O)cc1N[C@@H](C)C(=O)NC(c1ccccc1)c1ccccc1. The number of rotatable bonds is 8. The van der Waals surface area contributed by atoms with Crippen molar-refractivity contribution < 1.29 is 14.3 Å². The molecule has 0 aromatic heterocycles.